The minimum Gasteiger partial charge on any atom is -0.494 e. The molecule has 0 aromatic heterocycles. The van der Waals surface area contributed by atoms with E-state index in [0.717, 1.165) is 23.9 Å². The van der Waals surface area contributed by atoms with Crippen LogP contribution in [0, 0.1) is 0 Å². The molecule has 24 heavy (non-hydrogen) atoms. The van der Waals surface area contributed by atoms with E-state index in [9.17, 15) is 4.79 Å². The highest BCUT2D eigenvalue weighted by molar-refractivity contribution is 6.10. The summed E-state index contributed by atoms with van der Waals surface area (Å²) in [6.07, 6.45) is 2.17. The van der Waals surface area contributed by atoms with Crippen molar-refractivity contribution in [2.75, 3.05) is 11.9 Å². The Hall–Kier alpha value is -2.81. The molecule has 0 aliphatic heterocycles. The zero-order chi connectivity index (χ0) is 16.5. The number of hydrogen-bond acceptors (Lipinski definition) is 2. The van der Waals surface area contributed by atoms with Crippen LogP contribution in [0.5, 0.6) is 5.75 Å². The molecule has 4 rings (SSSR count). The van der Waals surface area contributed by atoms with E-state index in [0.29, 0.717) is 17.9 Å². The van der Waals surface area contributed by atoms with Crippen LogP contribution in [-0.4, -0.2) is 12.5 Å². The Bertz CT molecular complexity index is 920. The number of anilines is 1. The third-order valence-electron chi connectivity index (χ3n) is 4.53. The van der Waals surface area contributed by atoms with Crippen molar-refractivity contribution in [3.05, 3.63) is 71.3 Å². The van der Waals surface area contributed by atoms with Gasteiger partial charge in [0.1, 0.15) is 5.75 Å². The molecule has 120 valence electrons. The first-order chi connectivity index (χ1) is 11.8. The van der Waals surface area contributed by atoms with Crippen molar-refractivity contribution in [1.29, 1.82) is 0 Å². The molecule has 3 nitrogen and oxygen atoms in total. The Labute approximate surface area is 141 Å². The van der Waals surface area contributed by atoms with Gasteiger partial charge in [-0.3, -0.25) is 4.79 Å². The smallest absolute Gasteiger partial charge is 0.255 e. The predicted octanol–water partition coefficient (Wildman–Crippen LogP) is 4.59. The lowest BCUT2D eigenvalue weighted by Crippen LogP contribution is -2.12. The van der Waals surface area contributed by atoms with Crippen molar-refractivity contribution >= 4 is 22.4 Å². The van der Waals surface area contributed by atoms with E-state index >= 15 is 0 Å². The summed E-state index contributed by atoms with van der Waals surface area (Å²) in [6, 6.07) is 17.7. The Morgan fingerprint density at radius 1 is 1.04 bits per heavy atom. The van der Waals surface area contributed by atoms with Gasteiger partial charge in [-0.05, 0) is 60.5 Å². The van der Waals surface area contributed by atoms with Crippen molar-refractivity contribution in [3.8, 4) is 5.75 Å². The van der Waals surface area contributed by atoms with Gasteiger partial charge >= 0.3 is 0 Å². The van der Waals surface area contributed by atoms with Crippen molar-refractivity contribution < 1.29 is 9.53 Å². The molecule has 1 N–H and O–H groups in total. The molecule has 0 unspecified atom stereocenters. The van der Waals surface area contributed by atoms with Crippen LogP contribution in [-0.2, 0) is 12.8 Å². The molecule has 3 aromatic rings. The highest BCUT2D eigenvalue weighted by atomic mass is 16.5. The molecule has 0 saturated heterocycles. The molecule has 1 amide bonds. The summed E-state index contributed by atoms with van der Waals surface area (Å²) in [5.74, 6) is 0.598. The average Bonchev–Trinajstić information content (AvgIpc) is 3.03. The number of hydrogen-bond donors (Lipinski definition) is 1. The molecule has 3 aromatic carbocycles. The Morgan fingerprint density at radius 2 is 1.83 bits per heavy atom. The summed E-state index contributed by atoms with van der Waals surface area (Å²) < 4.78 is 5.48. The van der Waals surface area contributed by atoms with Gasteiger partial charge in [0.05, 0.1) is 6.61 Å². The van der Waals surface area contributed by atoms with Gasteiger partial charge in [0.2, 0.25) is 0 Å². The van der Waals surface area contributed by atoms with E-state index in [4.69, 9.17) is 4.74 Å². The van der Waals surface area contributed by atoms with Gasteiger partial charge in [0.25, 0.3) is 5.91 Å². The van der Waals surface area contributed by atoms with Crippen LogP contribution in [0.15, 0.2) is 54.6 Å². The lowest BCUT2D eigenvalue weighted by molar-refractivity contribution is 0.102. The minimum atomic E-state index is -0.116. The maximum Gasteiger partial charge on any atom is 0.255 e. The SMILES string of the molecule is CCOc1cccc(C(=O)Nc2ccc3c4c(cccc24)CC3)c1. The summed E-state index contributed by atoms with van der Waals surface area (Å²) in [4.78, 5) is 12.6. The van der Waals surface area contributed by atoms with Crippen LogP contribution >= 0.6 is 0 Å². The highest BCUT2D eigenvalue weighted by Crippen LogP contribution is 2.35. The van der Waals surface area contributed by atoms with E-state index in [2.05, 4.69) is 29.6 Å². The van der Waals surface area contributed by atoms with E-state index in [-0.39, 0.29) is 5.91 Å². The lowest BCUT2D eigenvalue weighted by Gasteiger charge is -2.11. The number of benzene rings is 3. The molecule has 0 spiro atoms. The fraction of sp³-hybridized carbons (Fsp3) is 0.190. The molecule has 1 aliphatic carbocycles. The topological polar surface area (TPSA) is 38.3 Å². The second kappa shape index (κ2) is 6.00. The summed E-state index contributed by atoms with van der Waals surface area (Å²) in [5.41, 5.74) is 4.21. The standard InChI is InChI=1S/C21H19NO2/c1-2-24-17-7-3-6-16(13-17)21(23)22-19-12-11-15-10-9-14-5-4-8-18(19)20(14)15/h3-8,11-13H,2,9-10H2,1H3,(H,22,23). The Balaban J connectivity index is 1.68. The van der Waals surface area contributed by atoms with Crippen LogP contribution in [0.3, 0.4) is 0 Å². The predicted molar refractivity (Wildman–Crippen MR) is 96.9 cm³/mol. The minimum absolute atomic E-state index is 0.116. The summed E-state index contributed by atoms with van der Waals surface area (Å²) >= 11 is 0. The number of carbonyl (C=O) groups is 1. The molecule has 0 heterocycles. The number of aryl methyl sites for hydroxylation is 2. The number of rotatable bonds is 4. The number of ether oxygens (including phenoxy) is 1. The summed E-state index contributed by atoms with van der Waals surface area (Å²) in [6.45, 7) is 2.51. The van der Waals surface area contributed by atoms with Crippen molar-refractivity contribution in [2.24, 2.45) is 0 Å². The third kappa shape index (κ3) is 2.52. The maximum absolute atomic E-state index is 12.6. The molecule has 0 radical (unpaired) electrons. The molecule has 0 fully saturated rings. The first-order valence-electron chi connectivity index (χ1n) is 8.34. The molecule has 0 atom stereocenters. The lowest BCUT2D eigenvalue weighted by atomic mass is 10.0. The van der Waals surface area contributed by atoms with Gasteiger partial charge in [-0.15, -0.1) is 0 Å². The fourth-order valence-electron chi connectivity index (χ4n) is 3.44. The van der Waals surface area contributed by atoms with Crippen molar-refractivity contribution in [1.82, 2.24) is 0 Å². The largest absolute Gasteiger partial charge is 0.494 e. The van der Waals surface area contributed by atoms with Crippen LogP contribution in [0.25, 0.3) is 10.8 Å². The monoisotopic (exact) mass is 317 g/mol. The molecule has 3 heteroatoms. The second-order valence-electron chi connectivity index (χ2n) is 6.03. The Kier molecular flexibility index (Phi) is 3.69. The Morgan fingerprint density at radius 3 is 2.67 bits per heavy atom. The van der Waals surface area contributed by atoms with Gasteiger partial charge in [0.15, 0.2) is 0 Å². The van der Waals surface area contributed by atoms with Gasteiger partial charge in [-0.1, -0.05) is 30.3 Å². The van der Waals surface area contributed by atoms with Crippen molar-refractivity contribution in [2.45, 2.75) is 19.8 Å². The fourth-order valence-corrected chi connectivity index (χ4v) is 3.44. The second-order valence-corrected chi connectivity index (χ2v) is 6.03. The third-order valence-corrected chi connectivity index (χ3v) is 4.53. The van der Waals surface area contributed by atoms with E-state index in [1.165, 1.54) is 16.5 Å². The van der Waals surface area contributed by atoms with Crippen LogP contribution in [0.2, 0.25) is 0 Å². The normalized spacial score (nSPS) is 12.4. The van der Waals surface area contributed by atoms with Crippen LogP contribution in [0.4, 0.5) is 5.69 Å². The molecule has 0 bridgehead atoms. The van der Waals surface area contributed by atoms with Gasteiger partial charge in [-0.25, -0.2) is 0 Å². The maximum atomic E-state index is 12.6. The van der Waals surface area contributed by atoms with E-state index in [1.807, 2.05) is 25.1 Å². The summed E-state index contributed by atoms with van der Waals surface area (Å²) in [7, 11) is 0. The van der Waals surface area contributed by atoms with Crippen LogP contribution < -0.4 is 10.1 Å². The van der Waals surface area contributed by atoms with Crippen molar-refractivity contribution in [3.63, 3.8) is 0 Å². The quantitative estimate of drug-likeness (QED) is 0.764. The molecular weight excluding hydrogens is 298 g/mol. The summed E-state index contributed by atoms with van der Waals surface area (Å²) in [5, 5.41) is 5.48. The van der Waals surface area contributed by atoms with Crippen LogP contribution in [0.1, 0.15) is 28.4 Å². The number of carbonyl (C=O) groups excluding carboxylic acids is 1. The van der Waals surface area contributed by atoms with Gasteiger partial charge in [-0.2, -0.15) is 0 Å². The highest BCUT2D eigenvalue weighted by Gasteiger charge is 2.17. The first kappa shape index (κ1) is 14.8. The average molecular weight is 317 g/mol. The molecule has 1 aliphatic rings. The molecule has 0 saturated carbocycles. The zero-order valence-electron chi connectivity index (χ0n) is 13.6. The number of nitrogens with one attached hydrogen (secondary N) is 1. The molecular formula is C21H19NO2. The van der Waals surface area contributed by atoms with Gasteiger partial charge < -0.3 is 10.1 Å². The van der Waals surface area contributed by atoms with E-state index in [1.54, 1.807) is 12.1 Å². The van der Waals surface area contributed by atoms with Gasteiger partial charge in [0, 0.05) is 16.6 Å². The zero-order valence-corrected chi connectivity index (χ0v) is 13.6. The number of amides is 1. The van der Waals surface area contributed by atoms with E-state index < -0.39 is 0 Å². The first-order valence-corrected chi connectivity index (χ1v) is 8.34.